The minimum atomic E-state index is -2.89. The van der Waals surface area contributed by atoms with E-state index in [1.807, 2.05) is 6.92 Å². The predicted molar refractivity (Wildman–Crippen MR) is 48.8 cm³/mol. The Morgan fingerprint density at radius 2 is 1.73 bits per heavy atom. The molecule has 0 aromatic rings. The SMILES string of the molecule is CC(CCl)CS(=O)(=O)C(C)C. The van der Waals surface area contributed by atoms with Crippen LogP contribution in [0, 0.1) is 5.92 Å². The van der Waals surface area contributed by atoms with Crippen molar-refractivity contribution in [2.75, 3.05) is 11.6 Å². The molecular formula is C7H15ClO2S. The second-order valence-corrected chi connectivity index (χ2v) is 6.05. The minimum Gasteiger partial charge on any atom is -0.229 e. The Morgan fingerprint density at radius 3 is 2.00 bits per heavy atom. The van der Waals surface area contributed by atoms with Gasteiger partial charge in [0.25, 0.3) is 0 Å². The summed E-state index contributed by atoms with van der Waals surface area (Å²) in [5, 5.41) is -0.284. The second-order valence-electron chi connectivity index (χ2n) is 3.14. The van der Waals surface area contributed by atoms with Gasteiger partial charge >= 0.3 is 0 Å². The van der Waals surface area contributed by atoms with Gasteiger partial charge in [-0.25, -0.2) is 8.42 Å². The van der Waals surface area contributed by atoms with Crippen molar-refractivity contribution in [2.24, 2.45) is 5.92 Å². The fourth-order valence-corrected chi connectivity index (χ4v) is 2.17. The van der Waals surface area contributed by atoms with Crippen molar-refractivity contribution in [3.63, 3.8) is 0 Å². The Labute approximate surface area is 73.9 Å². The van der Waals surface area contributed by atoms with E-state index in [1.54, 1.807) is 13.8 Å². The molecule has 0 aliphatic rings. The van der Waals surface area contributed by atoms with Crippen LogP contribution in [0.25, 0.3) is 0 Å². The van der Waals surface area contributed by atoms with Crippen LogP contribution in [0.3, 0.4) is 0 Å². The molecule has 68 valence electrons. The molecule has 0 radical (unpaired) electrons. The average molecular weight is 199 g/mol. The molecule has 0 N–H and O–H groups in total. The lowest BCUT2D eigenvalue weighted by molar-refractivity contribution is 0.574. The van der Waals surface area contributed by atoms with E-state index in [1.165, 1.54) is 0 Å². The maximum atomic E-state index is 11.2. The third kappa shape index (κ3) is 3.97. The molecule has 0 heterocycles. The monoisotopic (exact) mass is 198 g/mol. The molecule has 1 unspecified atom stereocenters. The maximum absolute atomic E-state index is 11.2. The van der Waals surface area contributed by atoms with E-state index in [4.69, 9.17) is 11.6 Å². The summed E-state index contributed by atoms with van der Waals surface area (Å²) < 4.78 is 22.5. The first-order valence-electron chi connectivity index (χ1n) is 3.67. The minimum absolute atomic E-state index is 0.0593. The number of alkyl halides is 1. The summed E-state index contributed by atoms with van der Waals surface area (Å²) in [5.41, 5.74) is 0. The molecule has 0 saturated carbocycles. The van der Waals surface area contributed by atoms with E-state index >= 15 is 0 Å². The summed E-state index contributed by atoms with van der Waals surface area (Å²) in [4.78, 5) is 0. The van der Waals surface area contributed by atoms with E-state index in [-0.39, 0.29) is 16.9 Å². The predicted octanol–water partition coefficient (Wildman–Crippen LogP) is 1.68. The first-order valence-corrected chi connectivity index (χ1v) is 5.92. The molecule has 4 heteroatoms. The summed E-state index contributed by atoms with van der Waals surface area (Å²) in [5.74, 6) is 0.671. The van der Waals surface area contributed by atoms with Crippen LogP contribution in [0.4, 0.5) is 0 Å². The Bertz CT molecular complexity index is 196. The van der Waals surface area contributed by atoms with Gasteiger partial charge in [-0.3, -0.25) is 0 Å². The van der Waals surface area contributed by atoms with E-state index in [0.717, 1.165) is 0 Å². The van der Waals surface area contributed by atoms with Crippen LogP contribution in [0.1, 0.15) is 20.8 Å². The molecule has 0 aliphatic heterocycles. The molecule has 0 aromatic carbocycles. The highest BCUT2D eigenvalue weighted by Crippen LogP contribution is 2.08. The Morgan fingerprint density at radius 1 is 1.27 bits per heavy atom. The molecule has 0 bridgehead atoms. The van der Waals surface area contributed by atoms with Crippen LogP contribution in [-0.4, -0.2) is 25.3 Å². The Kier molecular flexibility index (Phi) is 4.41. The van der Waals surface area contributed by atoms with Crippen LogP contribution in [-0.2, 0) is 9.84 Å². The summed E-state index contributed by atoms with van der Waals surface area (Å²) in [6, 6.07) is 0. The highest BCUT2D eigenvalue weighted by Gasteiger charge is 2.18. The van der Waals surface area contributed by atoms with Gasteiger partial charge in [0.05, 0.1) is 11.0 Å². The summed E-state index contributed by atoms with van der Waals surface area (Å²) in [6.07, 6.45) is 0. The average Bonchev–Trinajstić information content (AvgIpc) is 1.86. The highest BCUT2D eigenvalue weighted by atomic mass is 35.5. The number of hydrogen-bond donors (Lipinski definition) is 0. The molecule has 1 atom stereocenters. The fraction of sp³-hybridized carbons (Fsp3) is 1.00. The van der Waals surface area contributed by atoms with Gasteiger partial charge in [0, 0.05) is 5.88 Å². The molecule has 11 heavy (non-hydrogen) atoms. The lowest BCUT2D eigenvalue weighted by Gasteiger charge is -2.10. The largest absolute Gasteiger partial charge is 0.229 e. The van der Waals surface area contributed by atoms with Gasteiger partial charge < -0.3 is 0 Å². The van der Waals surface area contributed by atoms with E-state index < -0.39 is 9.84 Å². The third-order valence-corrected chi connectivity index (χ3v) is 4.50. The first-order chi connectivity index (χ1) is 4.90. The second kappa shape index (κ2) is 4.31. The fourth-order valence-electron chi connectivity index (χ4n) is 0.634. The van der Waals surface area contributed by atoms with Crippen molar-refractivity contribution in [1.29, 1.82) is 0 Å². The van der Waals surface area contributed by atoms with Crippen molar-refractivity contribution in [1.82, 2.24) is 0 Å². The van der Waals surface area contributed by atoms with Crippen LogP contribution in [0.2, 0.25) is 0 Å². The molecule has 2 nitrogen and oxygen atoms in total. The number of halogens is 1. The van der Waals surface area contributed by atoms with Crippen molar-refractivity contribution >= 4 is 21.4 Å². The third-order valence-electron chi connectivity index (χ3n) is 1.50. The zero-order chi connectivity index (χ0) is 9.07. The Balaban J connectivity index is 4.15. The van der Waals surface area contributed by atoms with Gasteiger partial charge in [-0.2, -0.15) is 0 Å². The van der Waals surface area contributed by atoms with Crippen LogP contribution in [0.15, 0.2) is 0 Å². The quantitative estimate of drug-likeness (QED) is 0.645. The Hall–Kier alpha value is 0.240. The molecular weight excluding hydrogens is 184 g/mol. The van der Waals surface area contributed by atoms with Crippen molar-refractivity contribution in [3.05, 3.63) is 0 Å². The molecule has 0 fully saturated rings. The van der Waals surface area contributed by atoms with Crippen LogP contribution in [0.5, 0.6) is 0 Å². The number of hydrogen-bond acceptors (Lipinski definition) is 2. The van der Waals surface area contributed by atoms with Crippen molar-refractivity contribution < 1.29 is 8.42 Å². The van der Waals surface area contributed by atoms with E-state index in [0.29, 0.717) is 5.88 Å². The topological polar surface area (TPSA) is 34.1 Å². The summed E-state index contributed by atoms with van der Waals surface area (Å²) in [6.45, 7) is 5.22. The van der Waals surface area contributed by atoms with Crippen LogP contribution >= 0.6 is 11.6 Å². The highest BCUT2D eigenvalue weighted by molar-refractivity contribution is 7.91. The van der Waals surface area contributed by atoms with E-state index in [9.17, 15) is 8.42 Å². The smallest absolute Gasteiger partial charge is 0.152 e. The van der Waals surface area contributed by atoms with E-state index in [2.05, 4.69) is 0 Å². The molecule has 0 saturated heterocycles. The molecule has 0 aliphatic carbocycles. The standard InChI is InChI=1S/C7H15ClO2S/c1-6(2)11(9,10)5-7(3)4-8/h6-7H,4-5H2,1-3H3. The maximum Gasteiger partial charge on any atom is 0.152 e. The van der Waals surface area contributed by atoms with Gasteiger partial charge in [0.1, 0.15) is 0 Å². The van der Waals surface area contributed by atoms with Gasteiger partial charge in [0.15, 0.2) is 9.84 Å². The number of rotatable bonds is 4. The lowest BCUT2D eigenvalue weighted by Crippen LogP contribution is -2.22. The summed E-state index contributed by atoms with van der Waals surface area (Å²) in [7, 11) is -2.89. The number of sulfone groups is 1. The first kappa shape index (κ1) is 11.2. The molecule has 0 spiro atoms. The zero-order valence-electron chi connectivity index (χ0n) is 7.17. The van der Waals surface area contributed by atoms with Gasteiger partial charge in [-0.1, -0.05) is 6.92 Å². The van der Waals surface area contributed by atoms with Crippen LogP contribution < -0.4 is 0 Å². The van der Waals surface area contributed by atoms with Crippen molar-refractivity contribution in [2.45, 2.75) is 26.0 Å². The lowest BCUT2D eigenvalue weighted by atomic mass is 10.3. The zero-order valence-corrected chi connectivity index (χ0v) is 8.74. The normalized spacial score (nSPS) is 15.4. The molecule has 0 amide bonds. The van der Waals surface area contributed by atoms with Crippen molar-refractivity contribution in [3.8, 4) is 0 Å². The summed E-state index contributed by atoms with van der Waals surface area (Å²) >= 11 is 5.50. The van der Waals surface area contributed by atoms with Gasteiger partial charge in [-0.05, 0) is 19.8 Å². The molecule has 0 aromatic heterocycles. The molecule has 0 rings (SSSR count). The van der Waals surface area contributed by atoms with Gasteiger partial charge in [-0.15, -0.1) is 11.6 Å². The van der Waals surface area contributed by atoms with Gasteiger partial charge in [0.2, 0.25) is 0 Å².